The summed E-state index contributed by atoms with van der Waals surface area (Å²) in [5, 5.41) is 23.8. The number of carbonyl (C=O) groups is 1. The van der Waals surface area contributed by atoms with Crippen LogP contribution in [0.25, 0.3) is 11.2 Å². The number of halogens is 1. The zero-order chi connectivity index (χ0) is 29.9. The Morgan fingerprint density at radius 3 is 2.63 bits per heavy atom. The zero-order valence-electron chi connectivity index (χ0n) is 22.7. The molecule has 0 aliphatic carbocycles. The third kappa shape index (κ3) is 6.74. The van der Waals surface area contributed by atoms with Crippen LogP contribution < -0.4 is 20.1 Å². The van der Waals surface area contributed by atoms with E-state index < -0.39 is 56.8 Å². The number of anilines is 1. The van der Waals surface area contributed by atoms with Crippen LogP contribution in [0.1, 0.15) is 33.9 Å². The molecule has 0 spiro atoms. The maximum absolute atomic E-state index is 16.0. The van der Waals surface area contributed by atoms with Gasteiger partial charge < -0.3 is 34.7 Å². The van der Waals surface area contributed by atoms with Crippen LogP contribution in [-0.4, -0.2) is 79.1 Å². The van der Waals surface area contributed by atoms with Gasteiger partial charge in [-0.15, -0.1) is 0 Å². The van der Waals surface area contributed by atoms with E-state index in [9.17, 15) is 19.6 Å². The number of nitrogens with one attached hydrogen (secondary N) is 1. The number of aliphatic hydroxyl groups is 2. The summed E-state index contributed by atoms with van der Waals surface area (Å²) >= 11 is 0. The molecule has 0 radical (unpaired) electrons. The fraction of sp³-hybridized carbons (Fsp3) is 0.500. The molecule has 15 nitrogen and oxygen atoms in total. The quantitative estimate of drug-likeness (QED) is 0.174. The van der Waals surface area contributed by atoms with Crippen molar-refractivity contribution in [2.24, 2.45) is 0 Å². The summed E-state index contributed by atoms with van der Waals surface area (Å²) in [7, 11) is -4.51. The predicted octanol–water partition coefficient (Wildman–Crippen LogP) is 1.86. The number of carbonyl (C=O) groups excluding carboxylic acids is 1. The number of fused-ring (bicyclic) bond motifs is 1. The van der Waals surface area contributed by atoms with Gasteiger partial charge in [0.05, 0.1) is 19.0 Å². The molecule has 17 heteroatoms. The summed E-state index contributed by atoms with van der Waals surface area (Å²) in [6, 6.07) is 6.62. The summed E-state index contributed by atoms with van der Waals surface area (Å²) < 4.78 is 57.7. The molecule has 41 heavy (non-hydrogen) atoms. The molecular weight excluding hydrogens is 566 g/mol. The monoisotopic (exact) mass is 598 g/mol. The molecule has 0 saturated carbocycles. The lowest BCUT2D eigenvalue weighted by Crippen LogP contribution is -2.44. The number of aliphatic hydroxyl groups excluding tert-OH is 2. The van der Waals surface area contributed by atoms with Crippen LogP contribution in [-0.2, 0) is 23.4 Å². The van der Waals surface area contributed by atoms with Crippen LogP contribution in [0.5, 0.6) is 11.6 Å². The second kappa shape index (κ2) is 12.2. The molecule has 0 unspecified atom stereocenters. The molecular formula is C24H32FN6O9P. The van der Waals surface area contributed by atoms with Gasteiger partial charge in [0, 0.05) is 0 Å². The van der Waals surface area contributed by atoms with Gasteiger partial charge in [-0.05, 0) is 39.8 Å². The first-order valence-electron chi connectivity index (χ1n) is 12.7. The number of hydrogen-bond donors (Lipinski definition) is 4. The molecule has 6 atom stereocenters. The van der Waals surface area contributed by atoms with Crippen molar-refractivity contribution in [3.63, 3.8) is 0 Å². The number of imidazole rings is 1. The first kappa shape index (κ1) is 30.6. The third-order valence-electron chi connectivity index (χ3n) is 5.79. The maximum atomic E-state index is 16.0. The normalized spacial score (nSPS) is 24.7. The average molecular weight is 599 g/mol. The molecule has 1 saturated heterocycles. The Bertz CT molecular complexity index is 1410. The van der Waals surface area contributed by atoms with Crippen molar-refractivity contribution in [1.82, 2.24) is 24.6 Å². The van der Waals surface area contributed by atoms with E-state index in [1.54, 1.807) is 39.0 Å². The molecule has 224 valence electrons. The highest BCUT2D eigenvalue weighted by Gasteiger charge is 2.57. The zero-order valence-corrected chi connectivity index (χ0v) is 23.6. The van der Waals surface area contributed by atoms with E-state index in [2.05, 4.69) is 20.0 Å². The molecule has 5 N–H and O–H groups in total. The van der Waals surface area contributed by atoms with E-state index in [4.69, 9.17) is 29.0 Å². The van der Waals surface area contributed by atoms with Gasteiger partial charge in [0.15, 0.2) is 17.4 Å². The standard InChI is InChI=1S/C24H32FN6O9P/c1-5-36-20-16-19(28-23(26)29-20)31(12-27-16)21-17(32)18(33)24(25,39-21)11-37-41(35,40-15-9-7-6-8-10-15)30-14(4)22(34)38-13(2)3/h6-10,12-14,17-18,21,32-33H,5,11H2,1-4H3,(H,30,35)(H2,26,28,29)/t14-,17-,18+,21-,24-,41-/m1/s1. The number of aromatic nitrogens is 4. The molecule has 0 bridgehead atoms. The largest absolute Gasteiger partial charge is 0.476 e. The van der Waals surface area contributed by atoms with Crippen molar-refractivity contribution in [3.05, 3.63) is 36.7 Å². The fourth-order valence-electron chi connectivity index (χ4n) is 3.93. The van der Waals surface area contributed by atoms with Crippen molar-refractivity contribution in [2.75, 3.05) is 18.9 Å². The highest BCUT2D eigenvalue weighted by Crippen LogP contribution is 2.48. The summed E-state index contributed by atoms with van der Waals surface area (Å²) in [6.45, 7) is 5.42. The predicted molar refractivity (Wildman–Crippen MR) is 141 cm³/mol. The SMILES string of the molecule is CCOc1nc(N)nc2c1ncn2[C@@H]1O[C@](F)(CO[P@](=O)(N[C@H](C)C(=O)OC(C)C)Oc2ccccc2)[C@@H](O)[C@H]1O. The Morgan fingerprint density at radius 2 is 1.98 bits per heavy atom. The number of rotatable bonds is 12. The van der Waals surface area contributed by atoms with Gasteiger partial charge in [-0.2, -0.15) is 15.1 Å². The van der Waals surface area contributed by atoms with Crippen molar-refractivity contribution < 1.29 is 47.2 Å². The summed E-state index contributed by atoms with van der Waals surface area (Å²) in [5.74, 6) is -3.89. The van der Waals surface area contributed by atoms with Crippen LogP contribution in [0.2, 0.25) is 0 Å². The third-order valence-corrected chi connectivity index (χ3v) is 7.42. The van der Waals surface area contributed by atoms with Crippen LogP contribution in [0.4, 0.5) is 10.3 Å². The van der Waals surface area contributed by atoms with E-state index in [0.717, 1.165) is 4.57 Å². The number of hydrogen-bond acceptors (Lipinski definition) is 13. The number of nitrogens with two attached hydrogens (primary N) is 1. The van der Waals surface area contributed by atoms with Crippen molar-refractivity contribution in [2.45, 2.75) is 64.1 Å². The van der Waals surface area contributed by atoms with Gasteiger partial charge >= 0.3 is 13.7 Å². The Morgan fingerprint density at radius 1 is 1.27 bits per heavy atom. The van der Waals surface area contributed by atoms with Gasteiger partial charge in [-0.1, -0.05) is 18.2 Å². The second-order valence-corrected chi connectivity index (χ2v) is 11.1. The highest BCUT2D eigenvalue weighted by molar-refractivity contribution is 7.52. The average Bonchev–Trinajstić information content (AvgIpc) is 3.42. The van der Waals surface area contributed by atoms with Crippen LogP contribution in [0, 0.1) is 0 Å². The molecule has 1 aliphatic rings. The van der Waals surface area contributed by atoms with E-state index in [1.165, 1.54) is 25.4 Å². The van der Waals surface area contributed by atoms with Gasteiger partial charge in [-0.3, -0.25) is 13.9 Å². The van der Waals surface area contributed by atoms with E-state index in [1.807, 2.05) is 0 Å². The fourth-order valence-corrected chi connectivity index (χ4v) is 5.43. The Balaban J connectivity index is 1.57. The van der Waals surface area contributed by atoms with Crippen molar-refractivity contribution in [3.8, 4) is 11.6 Å². The molecule has 1 fully saturated rings. The maximum Gasteiger partial charge on any atom is 0.459 e. The first-order valence-corrected chi connectivity index (χ1v) is 14.2. The minimum atomic E-state index is -4.51. The van der Waals surface area contributed by atoms with Crippen LogP contribution in [0.3, 0.4) is 0 Å². The topological polar surface area (TPSA) is 202 Å². The number of ether oxygens (including phenoxy) is 3. The molecule has 0 amide bonds. The lowest BCUT2D eigenvalue weighted by molar-refractivity contribution is -0.202. The summed E-state index contributed by atoms with van der Waals surface area (Å²) in [5.41, 5.74) is 5.97. The number of nitrogens with zero attached hydrogens (tertiary/aromatic N) is 4. The van der Waals surface area contributed by atoms with Gasteiger partial charge in [0.25, 0.3) is 5.85 Å². The number of alkyl halides is 1. The Labute approximate surface area is 234 Å². The minimum Gasteiger partial charge on any atom is -0.476 e. The number of benzene rings is 1. The van der Waals surface area contributed by atoms with E-state index in [0.29, 0.717) is 0 Å². The molecule has 1 aliphatic heterocycles. The summed E-state index contributed by atoms with van der Waals surface area (Å²) in [4.78, 5) is 24.5. The van der Waals surface area contributed by atoms with Gasteiger partial charge in [0.2, 0.25) is 11.8 Å². The van der Waals surface area contributed by atoms with Crippen LogP contribution in [0.15, 0.2) is 36.7 Å². The molecule has 4 rings (SSSR count). The Hall–Kier alpha value is -3.40. The smallest absolute Gasteiger partial charge is 0.459 e. The van der Waals surface area contributed by atoms with E-state index in [-0.39, 0.29) is 35.3 Å². The molecule has 3 aromatic rings. The second-order valence-electron chi connectivity index (χ2n) is 9.39. The number of nitrogen functional groups attached to an aromatic ring is 1. The van der Waals surface area contributed by atoms with Gasteiger partial charge in [0.1, 0.15) is 30.6 Å². The molecule has 3 heterocycles. The van der Waals surface area contributed by atoms with Crippen molar-refractivity contribution in [1.29, 1.82) is 0 Å². The number of para-hydroxylation sites is 1. The van der Waals surface area contributed by atoms with Crippen molar-refractivity contribution >= 4 is 30.8 Å². The minimum absolute atomic E-state index is 0.0413. The lowest BCUT2D eigenvalue weighted by atomic mass is 10.1. The Kier molecular flexibility index (Phi) is 9.11. The summed E-state index contributed by atoms with van der Waals surface area (Å²) in [6.07, 6.45) is -4.86. The highest BCUT2D eigenvalue weighted by atomic mass is 31.2. The first-order chi connectivity index (χ1) is 19.4. The van der Waals surface area contributed by atoms with Crippen LogP contribution >= 0.6 is 7.75 Å². The van der Waals surface area contributed by atoms with Gasteiger partial charge in [-0.25, -0.2) is 13.9 Å². The number of esters is 1. The lowest BCUT2D eigenvalue weighted by Gasteiger charge is -2.27. The van der Waals surface area contributed by atoms with E-state index >= 15 is 4.39 Å². The molecule has 2 aromatic heterocycles. The molecule has 1 aromatic carbocycles.